The number of hydrogen-bond acceptors (Lipinski definition) is 4. The summed E-state index contributed by atoms with van der Waals surface area (Å²) in [4.78, 5) is 12.4. The van der Waals surface area contributed by atoms with Gasteiger partial charge in [0.15, 0.2) is 0 Å². The number of fused-ring (bicyclic) bond motifs is 1. The van der Waals surface area contributed by atoms with Crippen LogP contribution in [0.15, 0.2) is 53.2 Å². The van der Waals surface area contributed by atoms with Gasteiger partial charge in [-0.15, -0.1) is 11.8 Å². The number of nitrogens with zero attached hydrogens (tertiary/aromatic N) is 2. The third-order valence-electron chi connectivity index (χ3n) is 3.21. The summed E-state index contributed by atoms with van der Waals surface area (Å²) in [7, 11) is 0. The van der Waals surface area contributed by atoms with Crippen molar-refractivity contribution >= 4 is 23.5 Å². The highest BCUT2D eigenvalue weighted by Crippen LogP contribution is 2.30. The molecule has 0 amide bonds. The van der Waals surface area contributed by atoms with Crippen LogP contribution in [0.5, 0.6) is 0 Å². The van der Waals surface area contributed by atoms with Gasteiger partial charge in [-0.25, -0.2) is 9.48 Å². The Bertz CT molecular complexity index is 676. The van der Waals surface area contributed by atoms with Crippen LogP contribution in [-0.2, 0) is 4.79 Å². The summed E-state index contributed by atoms with van der Waals surface area (Å²) in [6, 6.07) is 9.62. The molecule has 0 bridgehead atoms. The Kier molecular flexibility index (Phi) is 3.23. The van der Waals surface area contributed by atoms with Gasteiger partial charge in [-0.05, 0) is 30.0 Å². The molecule has 6 heteroatoms. The van der Waals surface area contributed by atoms with E-state index in [1.165, 1.54) is 4.90 Å². The van der Waals surface area contributed by atoms with Crippen LogP contribution < -0.4 is 5.32 Å². The van der Waals surface area contributed by atoms with Crippen molar-refractivity contribution in [3.63, 3.8) is 0 Å². The van der Waals surface area contributed by atoms with Gasteiger partial charge in [0.25, 0.3) is 0 Å². The minimum atomic E-state index is -0.969. The zero-order valence-electron chi connectivity index (χ0n) is 10.8. The topological polar surface area (TPSA) is 67.2 Å². The molecule has 2 N–H and O–H groups in total. The normalized spacial score (nSPS) is 17.1. The van der Waals surface area contributed by atoms with Gasteiger partial charge in [-0.3, -0.25) is 0 Å². The second-order valence-corrected chi connectivity index (χ2v) is 5.27. The molecule has 0 saturated carbocycles. The molecule has 20 heavy (non-hydrogen) atoms. The first-order chi connectivity index (χ1) is 9.69. The lowest BCUT2D eigenvalue weighted by atomic mass is 10.0. The van der Waals surface area contributed by atoms with Crippen LogP contribution in [0.25, 0.3) is 0 Å². The van der Waals surface area contributed by atoms with Gasteiger partial charge in [-0.2, -0.15) is 5.10 Å². The number of aliphatic carboxylic acids is 1. The number of carboxylic acid groups (broad SMARTS) is 1. The monoisotopic (exact) mass is 287 g/mol. The van der Waals surface area contributed by atoms with E-state index >= 15 is 0 Å². The van der Waals surface area contributed by atoms with Gasteiger partial charge in [-0.1, -0.05) is 12.1 Å². The van der Waals surface area contributed by atoms with Crippen LogP contribution in [-0.4, -0.2) is 27.1 Å². The highest BCUT2D eigenvalue weighted by atomic mass is 32.2. The third kappa shape index (κ3) is 2.18. The van der Waals surface area contributed by atoms with Gasteiger partial charge in [0, 0.05) is 11.0 Å². The lowest BCUT2D eigenvalue weighted by Crippen LogP contribution is -2.23. The minimum Gasteiger partial charge on any atom is -0.477 e. The molecule has 1 atom stereocenters. The van der Waals surface area contributed by atoms with E-state index in [1.54, 1.807) is 34.8 Å². The van der Waals surface area contributed by atoms with Crippen molar-refractivity contribution in [3.05, 3.63) is 53.9 Å². The summed E-state index contributed by atoms with van der Waals surface area (Å²) in [5.41, 5.74) is 1.19. The van der Waals surface area contributed by atoms with Crippen LogP contribution in [0.4, 0.5) is 5.82 Å². The van der Waals surface area contributed by atoms with Crippen molar-refractivity contribution in [3.8, 4) is 0 Å². The molecule has 1 aliphatic rings. The summed E-state index contributed by atoms with van der Waals surface area (Å²) in [6.07, 6.45) is 5.36. The Morgan fingerprint density at radius 3 is 2.75 bits per heavy atom. The third-order valence-corrected chi connectivity index (χ3v) is 3.95. The lowest BCUT2D eigenvalue weighted by Gasteiger charge is -2.23. The Labute approximate surface area is 120 Å². The molecule has 0 radical (unpaired) electrons. The zero-order valence-corrected chi connectivity index (χ0v) is 11.6. The van der Waals surface area contributed by atoms with Crippen LogP contribution in [0.2, 0.25) is 0 Å². The molecule has 1 aliphatic heterocycles. The van der Waals surface area contributed by atoms with E-state index in [1.807, 2.05) is 30.5 Å². The number of carboxylic acids is 1. The first-order valence-corrected chi connectivity index (χ1v) is 7.31. The average molecular weight is 287 g/mol. The average Bonchev–Trinajstić information content (AvgIpc) is 2.94. The number of thioether (sulfide) groups is 1. The van der Waals surface area contributed by atoms with Crippen LogP contribution in [0.1, 0.15) is 11.6 Å². The number of allylic oxidation sites excluding steroid dienone is 1. The number of hydrogen-bond donors (Lipinski definition) is 2. The van der Waals surface area contributed by atoms with Crippen molar-refractivity contribution in [1.29, 1.82) is 0 Å². The number of carbonyl (C=O) groups is 1. The van der Waals surface area contributed by atoms with Crippen molar-refractivity contribution in [2.75, 3.05) is 11.6 Å². The van der Waals surface area contributed by atoms with E-state index in [-0.39, 0.29) is 11.7 Å². The molecule has 102 valence electrons. The van der Waals surface area contributed by atoms with E-state index in [0.717, 1.165) is 5.56 Å². The summed E-state index contributed by atoms with van der Waals surface area (Å²) < 4.78 is 1.78. The second-order valence-electron chi connectivity index (χ2n) is 4.39. The van der Waals surface area contributed by atoms with Crippen LogP contribution >= 0.6 is 11.8 Å². The Hall–Kier alpha value is -2.21. The molecular formula is C14H13N3O2S. The van der Waals surface area contributed by atoms with Crippen molar-refractivity contribution < 1.29 is 9.90 Å². The molecule has 0 aliphatic carbocycles. The summed E-state index contributed by atoms with van der Waals surface area (Å²) in [5, 5.41) is 16.3. The molecule has 2 aromatic rings. The van der Waals surface area contributed by atoms with E-state index < -0.39 is 5.97 Å². The molecule has 0 spiro atoms. The fourth-order valence-electron chi connectivity index (χ4n) is 2.21. The van der Waals surface area contributed by atoms with E-state index in [4.69, 9.17) is 0 Å². The van der Waals surface area contributed by atoms with Gasteiger partial charge in [0.2, 0.25) is 0 Å². The number of aromatic nitrogens is 2. The predicted molar refractivity (Wildman–Crippen MR) is 77.9 cm³/mol. The maximum absolute atomic E-state index is 11.2. The molecule has 1 aromatic carbocycles. The molecule has 1 aromatic heterocycles. The van der Waals surface area contributed by atoms with Gasteiger partial charge in [0.1, 0.15) is 11.5 Å². The molecular weight excluding hydrogens is 274 g/mol. The van der Waals surface area contributed by atoms with Gasteiger partial charge in [0.05, 0.1) is 12.2 Å². The van der Waals surface area contributed by atoms with E-state index in [2.05, 4.69) is 10.4 Å². The van der Waals surface area contributed by atoms with E-state index in [0.29, 0.717) is 5.82 Å². The van der Waals surface area contributed by atoms with E-state index in [9.17, 15) is 9.90 Å². The number of benzene rings is 1. The number of rotatable bonds is 3. The van der Waals surface area contributed by atoms with Gasteiger partial charge < -0.3 is 10.4 Å². The Morgan fingerprint density at radius 1 is 1.35 bits per heavy atom. The molecule has 0 fully saturated rings. The second kappa shape index (κ2) is 5.05. The molecule has 2 heterocycles. The van der Waals surface area contributed by atoms with Crippen molar-refractivity contribution in [2.24, 2.45) is 0 Å². The zero-order chi connectivity index (χ0) is 14.1. The molecule has 3 rings (SSSR count). The SMILES string of the molecule is CSc1ccc(C2C=C(C(=O)O)Nc3ccnn32)cc1. The highest BCUT2D eigenvalue weighted by Gasteiger charge is 2.24. The first kappa shape index (κ1) is 12.8. The predicted octanol–water partition coefficient (Wildman–Crippen LogP) is 2.59. The number of nitrogens with one attached hydrogen (secondary N) is 1. The largest absolute Gasteiger partial charge is 0.477 e. The summed E-state index contributed by atoms with van der Waals surface area (Å²) in [5.74, 6) is -0.285. The molecule has 1 unspecified atom stereocenters. The first-order valence-electron chi connectivity index (χ1n) is 6.08. The standard InChI is InChI=1S/C14H13N3O2S/c1-20-10-4-2-9(3-5-10)12-8-11(14(18)19)16-13-6-7-15-17(12)13/h2-8,12,16H,1H3,(H,18,19). The van der Waals surface area contributed by atoms with Crippen LogP contribution in [0, 0.1) is 0 Å². The Balaban J connectivity index is 2.04. The van der Waals surface area contributed by atoms with Gasteiger partial charge >= 0.3 is 5.97 Å². The molecule has 0 saturated heterocycles. The molecule has 5 nitrogen and oxygen atoms in total. The Morgan fingerprint density at radius 2 is 2.10 bits per heavy atom. The minimum absolute atomic E-state index is 0.178. The quantitative estimate of drug-likeness (QED) is 0.849. The van der Waals surface area contributed by atoms with Crippen LogP contribution in [0.3, 0.4) is 0 Å². The number of anilines is 1. The maximum atomic E-state index is 11.2. The lowest BCUT2D eigenvalue weighted by molar-refractivity contribution is -0.132. The van der Waals surface area contributed by atoms with Crippen molar-refractivity contribution in [2.45, 2.75) is 10.9 Å². The maximum Gasteiger partial charge on any atom is 0.352 e. The fourth-order valence-corrected chi connectivity index (χ4v) is 2.61. The van der Waals surface area contributed by atoms with Crippen molar-refractivity contribution in [1.82, 2.24) is 9.78 Å². The smallest absolute Gasteiger partial charge is 0.352 e. The summed E-state index contributed by atoms with van der Waals surface area (Å²) in [6.45, 7) is 0. The summed E-state index contributed by atoms with van der Waals surface area (Å²) >= 11 is 1.67. The highest BCUT2D eigenvalue weighted by molar-refractivity contribution is 7.98. The fraction of sp³-hybridized carbons (Fsp3) is 0.143.